The Labute approximate surface area is 202 Å². The van der Waals surface area contributed by atoms with Gasteiger partial charge >= 0.3 is 0 Å². The fraction of sp³-hybridized carbons (Fsp3) is 0.414. The molecule has 0 radical (unpaired) electrons. The van der Waals surface area contributed by atoms with E-state index in [0.29, 0.717) is 17.7 Å². The summed E-state index contributed by atoms with van der Waals surface area (Å²) in [5, 5.41) is 0. The summed E-state index contributed by atoms with van der Waals surface area (Å²) in [6.45, 7) is 2.17. The molecule has 0 spiro atoms. The lowest BCUT2D eigenvalue weighted by molar-refractivity contribution is 0.0522. The lowest BCUT2D eigenvalue weighted by Crippen LogP contribution is -2.49. The summed E-state index contributed by atoms with van der Waals surface area (Å²) in [5.41, 5.74) is 4.21. The number of rotatable bonds is 7. The lowest BCUT2D eigenvalue weighted by Gasteiger charge is -2.41. The smallest absolute Gasteiger partial charge is 0.289 e. The number of fused-ring (bicyclic) bond motifs is 1. The van der Waals surface area contributed by atoms with Crippen LogP contribution < -0.4 is 4.74 Å². The maximum atomic E-state index is 13.2. The van der Waals surface area contributed by atoms with Crippen LogP contribution in [0.4, 0.5) is 0 Å². The number of carbonyl (C=O) groups excluding carboxylic acids is 1. The van der Waals surface area contributed by atoms with Gasteiger partial charge in [0.15, 0.2) is 5.76 Å². The summed E-state index contributed by atoms with van der Waals surface area (Å²) in [6.07, 6.45) is 6.88. The molecule has 5 heteroatoms. The first-order chi connectivity index (χ1) is 16.6. The van der Waals surface area contributed by atoms with Crippen molar-refractivity contribution in [1.82, 2.24) is 9.80 Å². The van der Waals surface area contributed by atoms with Crippen LogP contribution in [0, 0.1) is 5.92 Å². The molecular weight excluding hydrogens is 424 g/mol. The van der Waals surface area contributed by atoms with E-state index in [4.69, 9.17) is 9.15 Å². The van der Waals surface area contributed by atoms with Crippen molar-refractivity contribution in [1.29, 1.82) is 0 Å². The zero-order valence-corrected chi connectivity index (χ0v) is 20.2. The third-order valence-corrected chi connectivity index (χ3v) is 7.79. The molecule has 1 amide bonds. The van der Waals surface area contributed by atoms with E-state index in [1.54, 1.807) is 25.5 Å². The number of carbonyl (C=O) groups is 1. The van der Waals surface area contributed by atoms with Gasteiger partial charge in [-0.05, 0) is 92.1 Å². The predicted octanol–water partition coefficient (Wildman–Crippen LogP) is 4.85. The van der Waals surface area contributed by atoms with Gasteiger partial charge in [-0.2, -0.15) is 0 Å². The summed E-state index contributed by atoms with van der Waals surface area (Å²) >= 11 is 0. The zero-order chi connectivity index (χ0) is 23.5. The molecule has 0 unspecified atom stereocenters. The van der Waals surface area contributed by atoms with Gasteiger partial charge in [-0.25, -0.2) is 0 Å². The molecule has 0 N–H and O–H groups in total. The standard InChI is InChI=1S/C29H34N2O3/c1-30(29(32)28-11-6-16-34-28)27(18-21-7-5-10-26(17-21)33-2)22-12-14-31(15-13-22)25-19-23-8-3-4-9-24(23)20-25/h3-11,16-17,22,25,27H,12-15,18-20H2,1-2H3/t27-/m1/s1. The number of hydrogen-bond acceptors (Lipinski definition) is 4. The number of furan rings is 1. The molecule has 1 aliphatic heterocycles. The Bertz CT molecular complexity index is 1080. The van der Waals surface area contributed by atoms with E-state index in [-0.39, 0.29) is 11.9 Å². The molecule has 0 saturated carbocycles. The number of likely N-dealkylation sites (tertiary alicyclic amines) is 1. The van der Waals surface area contributed by atoms with Crippen molar-refractivity contribution in [2.45, 2.75) is 44.2 Å². The summed E-state index contributed by atoms with van der Waals surface area (Å²) < 4.78 is 10.9. The SMILES string of the molecule is COc1cccc(C[C@H](C2CCN(C3Cc4ccccc4C3)CC2)N(C)C(=O)c2ccco2)c1. The fourth-order valence-corrected chi connectivity index (χ4v) is 5.85. The summed E-state index contributed by atoms with van der Waals surface area (Å²) in [4.78, 5) is 17.8. The van der Waals surface area contributed by atoms with Gasteiger partial charge in [-0.3, -0.25) is 9.69 Å². The highest BCUT2D eigenvalue weighted by atomic mass is 16.5. The van der Waals surface area contributed by atoms with Crippen LogP contribution >= 0.6 is 0 Å². The zero-order valence-electron chi connectivity index (χ0n) is 20.2. The maximum absolute atomic E-state index is 13.2. The van der Waals surface area contributed by atoms with Gasteiger partial charge in [0.2, 0.25) is 0 Å². The Morgan fingerprint density at radius 1 is 1.06 bits per heavy atom. The molecule has 5 nitrogen and oxygen atoms in total. The van der Waals surface area contributed by atoms with E-state index in [9.17, 15) is 4.79 Å². The Morgan fingerprint density at radius 3 is 2.44 bits per heavy atom. The molecule has 178 valence electrons. The predicted molar refractivity (Wildman–Crippen MR) is 133 cm³/mol. The molecule has 2 aliphatic rings. The Balaban J connectivity index is 1.29. The quantitative estimate of drug-likeness (QED) is 0.508. The van der Waals surface area contributed by atoms with Crippen LogP contribution in [0.1, 0.15) is 40.1 Å². The van der Waals surface area contributed by atoms with Gasteiger partial charge in [0, 0.05) is 19.1 Å². The number of methoxy groups -OCH3 is 1. The number of ether oxygens (including phenoxy) is 1. The van der Waals surface area contributed by atoms with Crippen LogP contribution in [-0.2, 0) is 19.3 Å². The first kappa shape index (κ1) is 22.7. The lowest BCUT2D eigenvalue weighted by atomic mass is 9.84. The highest BCUT2D eigenvalue weighted by molar-refractivity contribution is 5.91. The summed E-state index contributed by atoms with van der Waals surface area (Å²) in [7, 11) is 3.62. The Kier molecular flexibility index (Phi) is 6.73. The molecule has 3 aromatic rings. The minimum atomic E-state index is -0.0495. The van der Waals surface area contributed by atoms with E-state index in [2.05, 4.69) is 41.3 Å². The molecule has 5 rings (SSSR count). The van der Waals surface area contributed by atoms with Crippen molar-refractivity contribution < 1.29 is 13.9 Å². The number of amides is 1. The third-order valence-electron chi connectivity index (χ3n) is 7.79. The van der Waals surface area contributed by atoms with Crippen LogP contribution in [0.25, 0.3) is 0 Å². The highest BCUT2D eigenvalue weighted by Crippen LogP contribution is 2.32. The van der Waals surface area contributed by atoms with Gasteiger partial charge in [-0.1, -0.05) is 36.4 Å². The topological polar surface area (TPSA) is 45.9 Å². The molecule has 1 aromatic heterocycles. The van der Waals surface area contributed by atoms with E-state index in [1.165, 1.54) is 16.7 Å². The van der Waals surface area contributed by atoms with Gasteiger partial charge in [0.1, 0.15) is 5.75 Å². The molecule has 1 saturated heterocycles. The van der Waals surface area contributed by atoms with Crippen molar-refractivity contribution in [3.63, 3.8) is 0 Å². The number of hydrogen-bond donors (Lipinski definition) is 0. The van der Waals surface area contributed by atoms with E-state index in [0.717, 1.165) is 50.9 Å². The average Bonchev–Trinajstić information content (AvgIpc) is 3.57. The molecule has 2 heterocycles. The highest BCUT2D eigenvalue weighted by Gasteiger charge is 2.35. The van der Waals surface area contributed by atoms with Gasteiger partial charge in [0.25, 0.3) is 5.91 Å². The van der Waals surface area contributed by atoms with Gasteiger partial charge in [0.05, 0.1) is 13.4 Å². The van der Waals surface area contributed by atoms with Crippen molar-refractivity contribution in [2.24, 2.45) is 5.92 Å². The molecule has 34 heavy (non-hydrogen) atoms. The number of likely N-dealkylation sites (N-methyl/N-ethyl adjacent to an activating group) is 1. The number of benzene rings is 2. The van der Waals surface area contributed by atoms with Gasteiger partial charge < -0.3 is 14.1 Å². The van der Waals surface area contributed by atoms with Crippen LogP contribution in [0.5, 0.6) is 5.75 Å². The van der Waals surface area contributed by atoms with E-state index in [1.807, 2.05) is 24.1 Å². The maximum Gasteiger partial charge on any atom is 0.289 e. The summed E-state index contributed by atoms with van der Waals surface area (Å²) in [6, 6.07) is 21.3. The number of piperidine rings is 1. The second-order valence-electron chi connectivity index (χ2n) is 9.72. The minimum Gasteiger partial charge on any atom is -0.497 e. The average molecular weight is 459 g/mol. The van der Waals surface area contributed by atoms with Gasteiger partial charge in [-0.15, -0.1) is 0 Å². The van der Waals surface area contributed by atoms with Crippen molar-refractivity contribution in [3.05, 3.63) is 89.4 Å². The third kappa shape index (κ3) is 4.76. The van der Waals surface area contributed by atoms with E-state index >= 15 is 0 Å². The normalized spacial score (nSPS) is 17.9. The molecule has 2 aromatic carbocycles. The Morgan fingerprint density at radius 2 is 1.79 bits per heavy atom. The second-order valence-corrected chi connectivity index (χ2v) is 9.72. The molecular formula is C29H34N2O3. The van der Waals surface area contributed by atoms with Crippen LogP contribution in [-0.4, -0.2) is 55.0 Å². The molecule has 1 aliphatic carbocycles. The van der Waals surface area contributed by atoms with Crippen molar-refractivity contribution >= 4 is 5.91 Å². The second kappa shape index (κ2) is 10.1. The van der Waals surface area contributed by atoms with Crippen LogP contribution in [0.3, 0.4) is 0 Å². The monoisotopic (exact) mass is 458 g/mol. The fourth-order valence-electron chi connectivity index (χ4n) is 5.85. The first-order valence-corrected chi connectivity index (χ1v) is 12.4. The molecule has 1 atom stereocenters. The van der Waals surface area contributed by atoms with Crippen LogP contribution in [0.15, 0.2) is 71.3 Å². The van der Waals surface area contributed by atoms with Crippen molar-refractivity contribution in [2.75, 3.05) is 27.2 Å². The summed E-state index contributed by atoms with van der Waals surface area (Å²) in [5.74, 6) is 1.65. The van der Waals surface area contributed by atoms with Crippen LogP contribution in [0.2, 0.25) is 0 Å². The number of nitrogens with zero attached hydrogens (tertiary/aromatic N) is 2. The van der Waals surface area contributed by atoms with E-state index < -0.39 is 0 Å². The molecule has 1 fully saturated rings. The Hall–Kier alpha value is -3.05. The largest absolute Gasteiger partial charge is 0.497 e. The molecule has 0 bridgehead atoms. The minimum absolute atomic E-state index is 0.0495. The van der Waals surface area contributed by atoms with Crippen molar-refractivity contribution in [3.8, 4) is 5.75 Å². The first-order valence-electron chi connectivity index (χ1n) is 12.4.